The minimum Gasteiger partial charge on any atom is -0.489 e. The topological polar surface area (TPSA) is 67.4 Å². The standard InChI is InChI=1S/C21H19ClN2O3S/c1-14(25)23-12-18-10-11-20(28-18)21(26)24-16-6-8-17(9-7-16)27-13-15-4-2-3-5-19(15)22/h2-11H,12-13H2,1H3,(H,23,25)(H,24,26). The van der Waals surface area contributed by atoms with Crippen molar-refractivity contribution in [3.63, 3.8) is 0 Å². The third kappa shape index (κ3) is 5.58. The highest BCUT2D eigenvalue weighted by Gasteiger charge is 2.10. The second kappa shape index (κ2) is 9.39. The molecule has 3 rings (SSSR count). The molecular weight excluding hydrogens is 396 g/mol. The Morgan fingerprint density at radius 1 is 1.04 bits per heavy atom. The third-order valence-corrected chi connectivity index (χ3v) is 5.31. The van der Waals surface area contributed by atoms with Gasteiger partial charge in [-0.05, 0) is 42.5 Å². The Labute approximate surface area is 172 Å². The minimum absolute atomic E-state index is 0.101. The van der Waals surface area contributed by atoms with Gasteiger partial charge in [0.1, 0.15) is 12.4 Å². The van der Waals surface area contributed by atoms with Crippen molar-refractivity contribution in [3.8, 4) is 5.75 Å². The van der Waals surface area contributed by atoms with E-state index < -0.39 is 0 Å². The fourth-order valence-corrected chi connectivity index (χ4v) is 3.44. The van der Waals surface area contributed by atoms with E-state index in [0.29, 0.717) is 34.5 Å². The average Bonchev–Trinajstić information content (AvgIpc) is 3.16. The molecule has 0 bridgehead atoms. The number of rotatable bonds is 7. The number of hydrogen-bond donors (Lipinski definition) is 2. The van der Waals surface area contributed by atoms with Crippen LogP contribution >= 0.6 is 22.9 Å². The first kappa shape index (κ1) is 19.9. The Morgan fingerprint density at radius 3 is 2.50 bits per heavy atom. The first-order valence-electron chi connectivity index (χ1n) is 8.62. The van der Waals surface area contributed by atoms with Gasteiger partial charge in [-0.15, -0.1) is 11.3 Å². The molecule has 0 atom stereocenters. The molecule has 0 radical (unpaired) electrons. The maximum absolute atomic E-state index is 12.4. The molecular formula is C21H19ClN2O3S. The summed E-state index contributed by atoms with van der Waals surface area (Å²) in [6, 6.07) is 18.3. The van der Waals surface area contributed by atoms with E-state index in [-0.39, 0.29) is 11.8 Å². The Morgan fingerprint density at radius 2 is 1.79 bits per heavy atom. The normalized spacial score (nSPS) is 10.4. The van der Waals surface area contributed by atoms with Gasteiger partial charge in [-0.3, -0.25) is 9.59 Å². The van der Waals surface area contributed by atoms with Crippen molar-refractivity contribution in [2.24, 2.45) is 0 Å². The number of carbonyl (C=O) groups excluding carboxylic acids is 2. The SMILES string of the molecule is CC(=O)NCc1ccc(C(=O)Nc2ccc(OCc3ccccc3Cl)cc2)s1. The zero-order chi connectivity index (χ0) is 19.9. The lowest BCUT2D eigenvalue weighted by Crippen LogP contribution is -2.18. The zero-order valence-electron chi connectivity index (χ0n) is 15.2. The number of thiophene rings is 1. The van der Waals surface area contributed by atoms with Crippen LogP contribution in [0.25, 0.3) is 0 Å². The van der Waals surface area contributed by atoms with Crippen molar-refractivity contribution in [1.29, 1.82) is 0 Å². The number of carbonyl (C=O) groups is 2. The fourth-order valence-electron chi connectivity index (χ4n) is 2.41. The summed E-state index contributed by atoms with van der Waals surface area (Å²) in [4.78, 5) is 24.8. The summed E-state index contributed by atoms with van der Waals surface area (Å²) in [6.07, 6.45) is 0. The molecule has 28 heavy (non-hydrogen) atoms. The lowest BCUT2D eigenvalue weighted by Gasteiger charge is -2.09. The lowest BCUT2D eigenvalue weighted by atomic mass is 10.2. The summed E-state index contributed by atoms with van der Waals surface area (Å²) in [6.45, 7) is 2.26. The molecule has 5 nitrogen and oxygen atoms in total. The molecule has 0 spiro atoms. The maximum atomic E-state index is 12.4. The summed E-state index contributed by atoms with van der Waals surface area (Å²) < 4.78 is 5.74. The van der Waals surface area contributed by atoms with E-state index in [9.17, 15) is 9.59 Å². The van der Waals surface area contributed by atoms with Crippen LogP contribution < -0.4 is 15.4 Å². The van der Waals surface area contributed by atoms with Gasteiger partial charge in [0.2, 0.25) is 5.91 Å². The van der Waals surface area contributed by atoms with Crippen molar-refractivity contribution in [2.45, 2.75) is 20.1 Å². The largest absolute Gasteiger partial charge is 0.489 e. The first-order valence-corrected chi connectivity index (χ1v) is 9.81. The van der Waals surface area contributed by atoms with Crippen molar-refractivity contribution in [1.82, 2.24) is 5.32 Å². The van der Waals surface area contributed by atoms with Crippen molar-refractivity contribution < 1.29 is 14.3 Å². The van der Waals surface area contributed by atoms with Crippen LogP contribution in [-0.2, 0) is 17.9 Å². The molecule has 144 valence electrons. The van der Waals surface area contributed by atoms with E-state index in [4.69, 9.17) is 16.3 Å². The second-order valence-electron chi connectivity index (χ2n) is 6.03. The monoisotopic (exact) mass is 414 g/mol. The number of halogens is 1. The highest BCUT2D eigenvalue weighted by Crippen LogP contribution is 2.22. The molecule has 1 heterocycles. The molecule has 2 amide bonds. The lowest BCUT2D eigenvalue weighted by molar-refractivity contribution is -0.119. The fraction of sp³-hybridized carbons (Fsp3) is 0.143. The van der Waals surface area contributed by atoms with Crippen molar-refractivity contribution in [3.05, 3.63) is 81.0 Å². The van der Waals surface area contributed by atoms with Crippen LogP contribution in [0.1, 0.15) is 27.0 Å². The van der Waals surface area contributed by atoms with E-state index in [2.05, 4.69) is 10.6 Å². The molecule has 0 aliphatic carbocycles. The van der Waals surface area contributed by atoms with Crippen LogP contribution in [0.5, 0.6) is 5.75 Å². The van der Waals surface area contributed by atoms with Crippen molar-refractivity contribution in [2.75, 3.05) is 5.32 Å². The highest BCUT2D eigenvalue weighted by atomic mass is 35.5. The summed E-state index contributed by atoms with van der Waals surface area (Å²) in [7, 11) is 0. The van der Waals surface area contributed by atoms with E-state index in [1.165, 1.54) is 18.3 Å². The van der Waals surface area contributed by atoms with Crippen molar-refractivity contribution >= 4 is 40.4 Å². The molecule has 7 heteroatoms. The number of amides is 2. The van der Waals surface area contributed by atoms with Gasteiger partial charge in [0.15, 0.2) is 0 Å². The number of ether oxygens (including phenoxy) is 1. The van der Waals surface area contributed by atoms with Gasteiger partial charge in [-0.25, -0.2) is 0 Å². The van der Waals surface area contributed by atoms with Crippen LogP contribution in [0, 0.1) is 0 Å². The van der Waals surface area contributed by atoms with Gasteiger partial charge in [-0.1, -0.05) is 29.8 Å². The predicted octanol–water partition coefficient (Wildman–Crippen LogP) is 4.87. The molecule has 2 N–H and O–H groups in total. The Balaban J connectivity index is 1.54. The van der Waals surface area contributed by atoms with Gasteiger partial charge in [0.05, 0.1) is 11.4 Å². The summed E-state index contributed by atoms with van der Waals surface area (Å²) >= 11 is 7.47. The second-order valence-corrected chi connectivity index (χ2v) is 7.61. The molecule has 0 saturated carbocycles. The Kier molecular flexibility index (Phi) is 6.68. The number of benzene rings is 2. The molecule has 0 saturated heterocycles. The van der Waals surface area contributed by atoms with Crippen LogP contribution in [0.15, 0.2) is 60.7 Å². The van der Waals surface area contributed by atoms with E-state index in [1.54, 1.807) is 30.3 Å². The summed E-state index contributed by atoms with van der Waals surface area (Å²) in [5.41, 5.74) is 1.58. The Hall–Kier alpha value is -2.83. The summed E-state index contributed by atoms with van der Waals surface area (Å²) in [5.74, 6) is 0.395. The maximum Gasteiger partial charge on any atom is 0.265 e. The quantitative estimate of drug-likeness (QED) is 0.579. The molecule has 0 aliphatic heterocycles. The van der Waals surface area contributed by atoms with E-state index in [1.807, 2.05) is 30.3 Å². The third-order valence-electron chi connectivity index (χ3n) is 3.86. The van der Waals surface area contributed by atoms with Gasteiger partial charge in [-0.2, -0.15) is 0 Å². The van der Waals surface area contributed by atoms with Gasteiger partial charge in [0, 0.05) is 28.1 Å². The minimum atomic E-state index is -0.191. The predicted molar refractivity (Wildman–Crippen MR) is 112 cm³/mol. The van der Waals surface area contributed by atoms with Gasteiger partial charge >= 0.3 is 0 Å². The first-order chi connectivity index (χ1) is 13.5. The molecule has 1 aromatic heterocycles. The molecule has 3 aromatic rings. The van der Waals surface area contributed by atoms with Crippen LogP contribution in [0.4, 0.5) is 5.69 Å². The van der Waals surface area contributed by atoms with Gasteiger partial charge < -0.3 is 15.4 Å². The summed E-state index contributed by atoms with van der Waals surface area (Å²) in [5, 5.41) is 6.24. The van der Waals surface area contributed by atoms with E-state index >= 15 is 0 Å². The molecule has 0 fully saturated rings. The number of hydrogen-bond acceptors (Lipinski definition) is 4. The number of anilines is 1. The number of nitrogens with one attached hydrogen (secondary N) is 2. The molecule has 0 aliphatic rings. The average molecular weight is 415 g/mol. The van der Waals surface area contributed by atoms with Crippen LogP contribution in [0.2, 0.25) is 5.02 Å². The van der Waals surface area contributed by atoms with Crippen LogP contribution in [0.3, 0.4) is 0 Å². The zero-order valence-corrected chi connectivity index (χ0v) is 16.8. The van der Waals surface area contributed by atoms with E-state index in [0.717, 1.165) is 10.4 Å². The van der Waals surface area contributed by atoms with Crippen LogP contribution in [-0.4, -0.2) is 11.8 Å². The Bertz CT molecular complexity index is 970. The molecule has 0 unspecified atom stereocenters. The molecule has 2 aromatic carbocycles. The smallest absolute Gasteiger partial charge is 0.265 e. The highest BCUT2D eigenvalue weighted by molar-refractivity contribution is 7.14. The van der Waals surface area contributed by atoms with Gasteiger partial charge in [0.25, 0.3) is 5.91 Å².